The number of anilines is 1. The predicted octanol–water partition coefficient (Wildman–Crippen LogP) is 2.42. The lowest BCUT2D eigenvalue weighted by atomic mass is 10.3. The summed E-state index contributed by atoms with van der Waals surface area (Å²) in [6.45, 7) is 2.49. The number of benzene rings is 1. The van der Waals surface area contributed by atoms with Gasteiger partial charge in [-0.3, -0.25) is 4.79 Å². The van der Waals surface area contributed by atoms with Crippen LogP contribution in [0, 0.1) is 0 Å². The van der Waals surface area contributed by atoms with Gasteiger partial charge in [-0.15, -0.1) is 0 Å². The van der Waals surface area contributed by atoms with Crippen molar-refractivity contribution in [3.63, 3.8) is 0 Å². The summed E-state index contributed by atoms with van der Waals surface area (Å²) in [6.07, 6.45) is 0. The van der Waals surface area contributed by atoms with Crippen LogP contribution in [0.4, 0.5) is 5.69 Å². The quantitative estimate of drug-likeness (QED) is 0.842. The number of amides is 1. The van der Waals surface area contributed by atoms with Crippen molar-refractivity contribution in [1.29, 1.82) is 0 Å². The zero-order valence-corrected chi connectivity index (χ0v) is 9.50. The summed E-state index contributed by atoms with van der Waals surface area (Å²) in [6, 6.07) is 7.36. The number of hydrogen-bond acceptors (Lipinski definition) is 2. The van der Waals surface area contributed by atoms with Crippen LogP contribution >= 0.6 is 15.9 Å². The van der Waals surface area contributed by atoms with Gasteiger partial charge in [-0.25, -0.2) is 0 Å². The van der Waals surface area contributed by atoms with Crippen molar-refractivity contribution in [2.24, 2.45) is 0 Å². The molecule has 0 spiro atoms. The number of hydrogen-bond donors (Lipinski definition) is 1. The van der Waals surface area contributed by atoms with Crippen LogP contribution < -0.4 is 10.1 Å². The third-order valence-electron chi connectivity index (χ3n) is 1.58. The van der Waals surface area contributed by atoms with E-state index in [4.69, 9.17) is 4.74 Å². The van der Waals surface area contributed by atoms with Crippen LogP contribution in [0.15, 0.2) is 24.3 Å². The lowest BCUT2D eigenvalue weighted by molar-refractivity contribution is -0.113. The molecule has 0 atom stereocenters. The molecule has 0 radical (unpaired) electrons. The monoisotopic (exact) mass is 257 g/mol. The fourth-order valence-corrected chi connectivity index (χ4v) is 1.18. The molecule has 0 aliphatic carbocycles. The Bertz CT molecular complexity index is 315. The van der Waals surface area contributed by atoms with Gasteiger partial charge in [0.1, 0.15) is 5.75 Å². The maximum atomic E-state index is 11.1. The van der Waals surface area contributed by atoms with E-state index in [1.807, 2.05) is 31.2 Å². The summed E-state index contributed by atoms with van der Waals surface area (Å²) in [5, 5.41) is 3.02. The number of para-hydroxylation sites is 2. The number of nitrogens with one attached hydrogen (secondary N) is 1. The number of ether oxygens (including phenoxy) is 1. The van der Waals surface area contributed by atoms with E-state index < -0.39 is 0 Å². The Morgan fingerprint density at radius 1 is 1.50 bits per heavy atom. The molecule has 0 heterocycles. The Kier molecular flexibility index (Phi) is 4.46. The average molecular weight is 258 g/mol. The van der Waals surface area contributed by atoms with Gasteiger partial charge in [0.15, 0.2) is 0 Å². The highest BCUT2D eigenvalue weighted by atomic mass is 79.9. The maximum absolute atomic E-state index is 11.1. The van der Waals surface area contributed by atoms with Crippen molar-refractivity contribution in [1.82, 2.24) is 0 Å². The standard InChI is InChI=1S/C10H12BrNO2/c1-2-14-9-6-4-3-5-8(9)12-10(13)7-11/h3-6H,2,7H2,1H3,(H,12,13). The number of carbonyl (C=O) groups is 1. The first-order valence-corrected chi connectivity index (χ1v) is 5.47. The van der Waals surface area contributed by atoms with Gasteiger partial charge in [-0.2, -0.15) is 0 Å². The van der Waals surface area contributed by atoms with Gasteiger partial charge in [0.2, 0.25) is 5.91 Å². The minimum atomic E-state index is -0.0860. The van der Waals surface area contributed by atoms with Gasteiger partial charge in [-0.1, -0.05) is 28.1 Å². The Morgan fingerprint density at radius 2 is 2.21 bits per heavy atom. The van der Waals surface area contributed by atoms with Crippen LogP contribution in [0.25, 0.3) is 0 Å². The Morgan fingerprint density at radius 3 is 2.86 bits per heavy atom. The second-order valence-corrected chi connectivity index (χ2v) is 3.17. The molecule has 1 aromatic rings. The molecule has 0 saturated heterocycles. The van der Waals surface area contributed by atoms with Crippen LogP contribution in [0.1, 0.15) is 6.92 Å². The lowest BCUT2D eigenvalue weighted by Gasteiger charge is -2.09. The van der Waals surface area contributed by atoms with Crippen molar-refractivity contribution in [2.75, 3.05) is 17.3 Å². The van der Waals surface area contributed by atoms with Crippen LogP contribution in [0.3, 0.4) is 0 Å². The number of carbonyl (C=O) groups excluding carboxylic acids is 1. The van der Waals surface area contributed by atoms with E-state index >= 15 is 0 Å². The SMILES string of the molecule is CCOc1ccccc1NC(=O)CBr. The van der Waals surface area contributed by atoms with Gasteiger partial charge in [0.05, 0.1) is 17.6 Å². The molecule has 3 nitrogen and oxygen atoms in total. The molecule has 4 heteroatoms. The van der Waals surface area contributed by atoms with E-state index in [1.54, 1.807) is 0 Å². The summed E-state index contributed by atoms with van der Waals surface area (Å²) in [5.74, 6) is 0.612. The summed E-state index contributed by atoms with van der Waals surface area (Å²) < 4.78 is 5.35. The molecule has 1 rings (SSSR count). The third-order valence-corrected chi connectivity index (χ3v) is 2.09. The molecule has 0 aliphatic rings. The van der Waals surface area contributed by atoms with E-state index in [9.17, 15) is 4.79 Å². The summed E-state index contributed by atoms with van der Waals surface area (Å²) >= 11 is 3.08. The molecule has 0 bridgehead atoms. The van der Waals surface area contributed by atoms with Gasteiger partial charge in [-0.05, 0) is 19.1 Å². The second-order valence-electron chi connectivity index (χ2n) is 2.61. The zero-order chi connectivity index (χ0) is 10.4. The highest BCUT2D eigenvalue weighted by Crippen LogP contribution is 2.23. The van der Waals surface area contributed by atoms with E-state index in [0.29, 0.717) is 18.0 Å². The molecule has 0 fully saturated rings. The third kappa shape index (κ3) is 3.03. The van der Waals surface area contributed by atoms with Gasteiger partial charge < -0.3 is 10.1 Å². The summed E-state index contributed by atoms with van der Waals surface area (Å²) in [5.41, 5.74) is 0.707. The minimum Gasteiger partial charge on any atom is -0.492 e. The molecule has 14 heavy (non-hydrogen) atoms. The van der Waals surface area contributed by atoms with E-state index in [0.717, 1.165) is 0 Å². The number of alkyl halides is 1. The first-order chi connectivity index (χ1) is 6.77. The highest BCUT2D eigenvalue weighted by molar-refractivity contribution is 9.09. The number of rotatable bonds is 4. The average Bonchev–Trinajstić information content (AvgIpc) is 2.21. The van der Waals surface area contributed by atoms with Crippen molar-refractivity contribution in [3.05, 3.63) is 24.3 Å². The fraction of sp³-hybridized carbons (Fsp3) is 0.300. The molecular formula is C10H12BrNO2. The van der Waals surface area contributed by atoms with Crippen LogP contribution in [-0.2, 0) is 4.79 Å². The Balaban J connectivity index is 2.78. The molecule has 0 aromatic heterocycles. The molecule has 0 unspecified atom stereocenters. The van der Waals surface area contributed by atoms with Crippen molar-refractivity contribution in [3.8, 4) is 5.75 Å². The highest BCUT2D eigenvalue weighted by Gasteiger charge is 2.04. The van der Waals surface area contributed by atoms with Gasteiger partial charge in [0, 0.05) is 0 Å². The molecule has 1 amide bonds. The van der Waals surface area contributed by atoms with Crippen molar-refractivity contribution in [2.45, 2.75) is 6.92 Å². The van der Waals surface area contributed by atoms with Crippen LogP contribution in [0.5, 0.6) is 5.75 Å². The molecular weight excluding hydrogens is 246 g/mol. The summed E-state index contributed by atoms with van der Waals surface area (Å²) in [4.78, 5) is 11.1. The van der Waals surface area contributed by atoms with Gasteiger partial charge >= 0.3 is 0 Å². The Hall–Kier alpha value is -1.03. The number of halogens is 1. The van der Waals surface area contributed by atoms with Crippen LogP contribution in [-0.4, -0.2) is 17.8 Å². The van der Waals surface area contributed by atoms with Gasteiger partial charge in [0.25, 0.3) is 0 Å². The first-order valence-electron chi connectivity index (χ1n) is 4.35. The lowest BCUT2D eigenvalue weighted by Crippen LogP contribution is -2.13. The summed E-state index contributed by atoms with van der Waals surface area (Å²) in [7, 11) is 0. The molecule has 0 saturated carbocycles. The van der Waals surface area contributed by atoms with E-state index in [-0.39, 0.29) is 11.2 Å². The van der Waals surface area contributed by atoms with E-state index in [2.05, 4.69) is 21.2 Å². The molecule has 1 N–H and O–H groups in total. The van der Waals surface area contributed by atoms with E-state index in [1.165, 1.54) is 0 Å². The van der Waals surface area contributed by atoms with Crippen LogP contribution in [0.2, 0.25) is 0 Å². The molecule has 0 aliphatic heterocycles. The topological polar surface area (TPSA) is 38.3 Å². The van der Waals surface area contributed by atoms with Crippen molar-refractivity contribution >= 4 is 27.5 Å². The Labute approximate surface area is 91.6 Å². The normalized spacial score (nSPS) is 9.57. The molecule has 1 aromatic carbocycles. The zero-order valence-electron chi connectivity index (χ0n) is 7.92. The molecule has 76 valence electrons. The smallest absolute Gasteiger partial charge is 0.235 e. The van der Waals surface area contributed by atoms with Crippen molar-refractivity contribution < 1.29 is 9.53 Å². The first kappa shape index (κ1) is 11.0. The predicted molar refractivity (Wildman–Crippen MR) is 60.0 cm³/mol. The minimum absolute atomic E-state index is 0.0860. The largest absolute Gasteiger partial charge is 0.492 e. The fourth-order valence-electron chi connectivity index (χ4n) is 1.03. The maximum Gasteiger partial charge on any atom is 0.235 e. The second kappa shape index (κ2) is 5.65.